The molecule has 0 spiro atoms. The summed E-state index contributed by atoms with van der Waals surface area (Å²) in [5.41, 5.74) is 2.67. The molecule has 0 saturated carbocycles. The van der Waals surface area contributed by atoms with Crippen molar-refractivity contribution in [2.75, 3.05) is 26.3 Å². The molecule has 32 heavy (non-hydrogen) atoms. The first kappa shape index (κ1) is 20.8. The summed E-state index contributed by atoms with van der Waals surface area (Å²) in [5, 5.41) is 8.47. The Bertz CT molecular complexity index is 1130. The highest BCUT2D eigenvalue weighted by atomic mass is 16.5. The van der Waals surface area contributed by atoms with Crippen LogP contribution in [0.2, 0.25) is 0 Å². The fourth-order valence-corrected chi connectivity index (χ4v) is 4.87. The number of nitrogens with zero attached hydrogens (tertiary/aromatic N) is 4. The Morgan fingerprint density at radius 2 is 2.00 bits per heavy atom. The first-order valence-electron chi connectivity index (χ1n) is 11.3. The van der Waals surface area contributed by atoms with Gasteiger partial charge in [-0.05, 0) is 30.9 Å². The maximum atomic E-state index is 13.5. The van der Waals surface area contributed by atoms with Gasteiger partial charge in [-0.2, -0.15) is 5.10 Å². The third-order valence-corrected chi connectivity index (χ3v) is 6.65. The van der Waals surface area contributed by atoms with Crippen LogP contribution in [0.15, 0.2) is 42.7 Å². The minimum absolute atomic E-state index is 0.00222. The number of carbonyl (C=O) groups excluding carboxylic acids is 2. The van der Waals surface area contributed by atoms with Crippen LogP contribution in [0.4, 0.5) is 0 Å². The number of aryl methyl sites for hydroxylation is 1. The molecule has 8 heteroatoms. The van der Waals surface area contributed by atoms with E-state index >= 15 is 0 Å². The van der Waals surface area contributed by atoms with Crippen LogP contribution in [-0.4, -0.2) is 57.4 Å². The predicted octanol–water partition coefficient (Wildman–Crippen LogP) is 2.50. The van der Waals surface area contributed by atoms with Crippen LogP contribution < -0.4 is 5.32 Å². The summed E-state index contributed by atoms with van der Waals surface area (Å²) < 4.78 is 9.28. The number of aromatic nitrogens is 3. The van der Waals surface area contributed by atoms with E-state index in [1.165, 1.54) is 0 Å². The van der Waals surface area contributed by atoms with Crippen LogP contribution in [0.5, 0.6) is 0 Å². The predicted molar refractivity (Wildman–Crippen MR) is 120 cm³/mol. The molecular formula is C24H29N5O3. The van der Waals surface area contributed by atoms with Crippen molar-refractivity contribution in [3.05, 3.63) is 54.0 Å². The van der Waals surface area contributed by atoms with Crippen LogP contribution >= 0.6 is 0 Å². The zero-order valence-electron chi connectivity index (χ0n) is 18.4. The van der Waals surface area contributed by atoms with E-state index in [0.29, 0.717) is 37.5 Å². The van der Waals surface area contributed by atoms with Gasteiger partial charge in [-0.3, -0.25) is 14.3 Å². The van der Waals surface area contributed by atoms with E-state index in [1.54, 1.807) is 6.20 Å². The van der Waals surface area contributed by atoms with E-state index in [4.69, 9.17) is 4.74 Å². The number of fused-ring (bicyclic) bond motifs is 2. The number of rotatable bonds is 5. The number of hydrogen-bond donors (Lipinski definition) is 1. The average molecular weight is 436 g/mol. The zero-order chi connectivity index (χ0) is 22.1. The lowest BCUT2D eigenvalue weighted by Gasteiger charge is -2.33. The fraction of sp³-hybridized carbons (Fsp3) is 0.458. The van der Waals surface area contributed by atoms with Gasteiger partial charge in [0.2, 0.25) is 5.91 Å². The molecule has 1 fully saturated rings. The zero-order valence-corrected chi connectivity index (χ0v) is 18.4. The number of amides is 2. The van der Waals surface area contributed by atoms with E-state index in [1.807, 2.05) is 57.7 Å². The molecular weight excluding hydrogens is 406 g/mol. The van der Waals surface area contributed by atoms with E-state index < -0.39 is 0 Å². The van der Waals surface area contributed by atoms with E-state index in [-0.39, 0.29) is 17.9 Å². The van der Waals surface area contributed by atoms with Crippen molar-refractivity contribution in [1.29, 1.82) is 0 Å². The summed E-state index contributed by atoms with van der Waals surface area (Å²) in [5.74, 6) is 0.466. The Balaban J connectivity index is 1.30. The van der Waals surface area contributed by atoms with Crippen LogP contribution in [0.3, 0.4) is 0 Å². The third-order valence-electron chi connectivity index (χ3n) is 6.65. The minimum Gasteiger partial charge on any atom is -0.381 e. The molecule has 1 saturated heterocycles. The molecule has 2 amide bonds. The second-order valence-electron chi connectivity index (χ2n) is 8.84. The number of ether oxygens (including phenoxy) is 1. The van der Waals surface area contributed by atoms with E-state index in [9.17, 15) is 9.59 Å². The molecule has 1 N–H and O–H groups in total. The topological polar surface area (TPSA) is 81.4 Å². The third kappa shape index (κ3) is 4.02. The maximum Gasteiger partial charge on any atom is 0.256 e. The Labute approximate surface area is 187 Å². The van der Waals surface area contributed by atoms with Gasteiger partial charge >= 0.3 is 0 Å². The van der Waals surface area contributed by atoms with E-state index in [0.717, 1.165) is 42.7 Å². The molecule has 1 aromatic carbocycles. The van der Waals surface area contributed by atoms with Crippen LogP contribution in [0, 0.1) is 5.92 Å². The van der Waals surface area contributed by atoms with Crippen molar-refractivity contribution in [3.63, 3.8) is 0 Å². The Hall–Kier alpha value is -3.13. The molecule has 2 aromatic heterocycles. The second kappa shape index (κ2) is 8.78. The number of para-hydroxylation sites is 1. The van der Waals surface area contributed by atoms with Gasteiger partial charge in [0, 0.05) is 56.6 Å². The lowest BCUT2D eigenvalue weighted by atomic mass is 10.0. The quantitative estimate of drug-likeness (QED) is 0.668. The molecule has 168 valence electrons. The molecule has 3 aromatic rings. The lowest BCUT2D eigenvalue weighted by molar-refractivity contribution is -0.122. The molecule has 2 aliphatic rings. The van der Waals surface area contributed by atoms with Crippen molar-refractivity contribution in [1.82, 2.24) is 24.6 Å². The second-order valence-corrected chi connectivity index (χ2v) is 8.84. The molecule has 0 unspecified atom stereocenters. The van der Waals surface area contributed by atoms with Gasteiger partial charge in [-0.25, -0.2) is 0 Å². The van der Waals surface area contributed by atoms with Gasteiger partial charge in [0.1, 0.15) is 0 Å². The SMILES string of the molecule is Cn1cc(C(=O)N2Cc3ccnn3[C@H](CC(=O)NCC3CCOCC3)C2)c2ccccc21. The summed E-state index contributed by atoms with van der Waals surface area (Å²) in [6, 6.07) is 9.68. The standard InChI is InChI=1S/C24H29N5O3/c1-27-16-21(20-4-2-3-5-22(20)27)24(31)28-14-18-6-9-26-29(18)19(15-28)12-23(30)25-13-17-7-10-32-11-8-17/h2-6,9,16-17,19H,7-8,10-15H2,1H3,(H,25,30)/t19-/m1/s1. The van der Waals surface area contributed by atoms with Crippen LogP contribution in [0.25, 0.3) is 10.9 Å². The minimum atomic E-state index is -0.178. The molecule has 4 heterocycles. The van der Waals surface area contributed by atoms with Gasteiger partial charge in [-0.1, -0.05) is 18.2 Å². The van der Waals surface area contributed by atoms with Crippen molar-refractivity contribution in [3.8, 4) is 0 Å². The van der Waals surface area contributed by atoms with Crippen molar-refractivity contribution >= 4 is 22.7 Å². The molecule has 5 rings (SSSR count). The molecule has 0 bridgehead atoms. The highest BCUT2D eigenvalue weighted by molar-refractivity contribution is 6.07. The summed E-state index contributed by atoms with van der Waals surface area (Å²) in [7, 11) is 1.95. The number of nitrogens with one attached hydrogen (secondary N) is 1. The summed E-state index contributed by atoms with van der Waals surface area (Å²) in [6.45, 7) is 3.17. The van der Waals surface area contributed by atoms with Gasteiger partial charge in [0.25, 0.3) is 5.91 Å². The summed E-state index contributed by atoms with van der Waals surface area (Å²) in [6.07, 6.45) is 5.92. The smallest absolute Gasteiger partial charge is 0.256 e. The molecule has 1 atom stereocenters. The monoisotopic (exact) mass is 435 g/mol. The highest BCUT2D eigenvalue weighted by Gasteiger charge is 2.31. The number of hydrogen-bond acceptors (Lipinski definition) is 4. The van der Waals surface area contributed by atoms with E-state index in [2.05, 4.69) is 10.4 Å². The molecule has 8 nitrogen and oxygen atoms in total. The fourth-order valence-electron chi connectivity index (χ4n) is 4.87. The van der Waals surface area contributed by atoms with Crippen molar-refractivity contribution in [2.45, 2.75) is 31.8 Å². The van der Waals surface area contributed by atoms with Crippen molar-refractivity contribution in [2.24, 2.45) is 13.0 Å². The highest BCUT2D eigenvalue weighted by Crippen LogP contribution is 2.27. The summed E-state index contributed by atoms with van der Waals surface area (Å²) in [4.78, 5) is 28.1. The first-order chi connectivity index (χ1) is 15.6. The van der Waals surface area contributed by atoms with Crippen molar-refractivity contribution < 1.29 is 14.3 Å². The molecule has 0 radical (unpaired) electrons. The Kier molecular flexibility index (Phi) is 5.70. The number of carbonyl (C=O) groups is 2. The first-order valence-corrected chi connectivity index (χ1v) is 11.3. The normalized spacial score (nSPS) is 19.2. The number of benzene rings is 1. The van der Waals surface area contributed by atoms with Gasteiger partial charge in [0.15, 0.2) is 0 Å². The summed E-state index contributed by atoms with van der Waals surface area (Å²) >= 11 is 0. The lowest BCUT2D eigenvalue weighted by Crippen LogP contribution is -2.43. The van der Waals surface area contributed by atoms with Crippen LogP contribution in [-0.2, 0) is 23.1 Å². The molecule has 0 aliphatic carbocycles. The van der Waals surface area contributed by atoms with Gasteiger partial charge in [-0.15, -0.1) is 0 Å². The largest absolute Gasteiger partial charge is 0.381 e. The Morgan fingerprint density at radius 3 is 2.84 bits per heavy atom. The Morgan fingerprint density at radius 1 is 1.19 bits per heavy atom. The maximum absolute atomic E-state index is 13.5. The molecule has 2 aliphatic heterocycles. The van der Waals surface area contributed by atoms with Gasteiger partial charge < -0.3 is 19.5 Å². The van der Waals surface area contributed by atoms with Gasteiger partial charge in [0.05, 0.1) is 30.3 Å². The average Bonchev–Trinajstić information content (AvgIpc) is 3.43. The van der Waals surface area contributed by atoms with Crippen LogP contribution in [0.1, 0.15) is 41.4 Å².